The number of anilines is 1. The maximum absolute atomic E-state index is 14.8. The number of carbonyl (C=O) groups is 1. The van der Waals surface area contributed by atoms with E-state index in [2.05, 4.69) is 25.5 Å². The number of para-hydroxylation sites is 1. The average Bonchev–Trinajstić information content (AvgIpc) is 3.05. The van der Waals surface area contributed by atoms with Gasteiger partial charge in [0.1, 0.15) is 5.83 Å². The second kappa shape index (κ2) is 10.8. The molecule has 4 N–H and O–H groups in total. The molecule has 0 aromatic heterocycles. The summed E-state index contributed by atoms with van der Waals surface area (Å²) in [6.45, 7) is 2.53. The first-order valence-corrected chi connectivity index (χ1v) is 11.9. The van der Waals surface area contributed by atoms with E-state index in [4.69, 9.17) is 20.3 Å². The minimum atomic E-state index is -1.22. The van der Waals surface area contributed by atoms with E-state index in [9.17, 15) is 9.18 Å². The van der Waals surface area contributed by atoms with Crippen LogP contribution in [0.4, 0.5) is 10.1 Å². The number of hydrogen-bond acceptors (Lipinski definition) is 8. The topological polar surface area (TPSA) is 135 Å². The van der Waals surface area contributed by atoms with Gasteiger partial charge < -0.3 is 20.1 Å². The predicted molar refractivity (Wildman–Crippen MR) is 138 cm³/mol. The first-order chi connectivity index (χ1) is 18.0. The molecule has 2 aromatic carbocycles. The van der Waals surface area contributed by atoms with Crippen molar-refractivity contribution in [2.75, 3.05) is 31.6 Å². The van der Waals surface area contributed by atoms with E-state index in [0.29, 0.717) is 37.7 Å². The van der Waals surface area contributed by atoms with E-state index in [-0.39, 0.29) is 18.2 Å². The molecule has 0 bridgehead atoms. The van der Waals surface area contributed by atoms with Crippen LogP contribution in [-0.4, -0.2) is 73.2 Å². The normalized spacial score (nSPS) is 21.9. The van der Waals surface area contributed by atoms with Crippen LogP contribution in [0.2, 0.25) is 0 Å². The number of benzene rings is 2. The van der Waals surface area contributed by atoms with Crippen molar-refractivity contribution in [1.29, 1.82) is 10.8 Å². The van der Waals surface area contributed by atoms with Gasteiger partial charge in [0, 0.05) is 36.9 Å². The van der Waals surface area contributed by atoms with Crippen molar-refractivity contribution >= 4 is 35.4 Å². The van der Waals surface area contributed by atoms with Crippen molar-refractivity contribution in [3.8, 4) is 0 Å². The maximum atomic E-state index is 14.8. The van der Waals surface area contributed by atoms with Crippen LogP contribution >= 0.6 is 0 Å². The molecule has 5 rings (SSSR count). The molecular formula is C26H26FN7O3. The first-order valence-electron chi connectivity index (χ1n) is 11.9. The molecule has 2 unspecified atom stereocenters. The third kappa shape index (κ3) is 5.47. The number of nitrogens with zero attached hydrogens (tertiary/aromatic N) is 3. The van der Waals surface area contributed by atoms with Crippen molar-refractivity contribution in [2.24, 2.45) is 9.98 Å². The zero-order chi connectivity index (χ0) is 25.8. The summed E-state index contributed by atoms with van der Waals surface area (Å²) in [7, 11) is 0. The lowest BCUT2D eigenvalue weighted by Crippen LogP contribution is -2.45. The second-order valence-corrected chi connectivity index (χ2v) is 8.64. The minimum Gasteiger partial charge on any atom is -0.405 e. The van der Waals surface area contributed by atoms with E-state index in [0.717, 1.165) is 11.1 Å². The molecule has 0 radical (unpaired) electrons. The van der Waals surface area contributed by atoms with E-state index >= 15 is 0 Å². The molecule has 2 aromatic rings. The van der Waals surface area contributed by atoms with Gasteiger partial charge in [0.2, 0.25) is 12.1 Å². The summed E-state index contributed by atoms with van der Waals surface area (Å²) in [4.78, 5) is 23.7. The zero-order valence-electron chi connectivity index (χ0n) is 19.9. The number of hydrogen-bond donors (Lipinski definition) is 4. The zero-order valence-corrected chi connectivity index (χ0v) is 19.9. The third-order valence-electron chi connectivity index (χ3n) is 6.22. The largest absolute Gasteiger partial charge is 0.405 e. The number of ether oxygens (including phenoxy) is 2. The lowest BCUT2D eigenvalue weighted by molar-refractivity contribution is -0.117. The van der Waals surface area contributed by atoms with Gasteiger partial charge >= 0.3 is 0 Å². The highest BCUT2D eigenvalue weighted by molar-refractivity contribution is 6.19. The van der Waals surface area contributed by atoms with E-state index in [1.165, 1.54) is 0 Å². The Morgan fingerprint density at radius 3 is 2.59 bits per heavy atom. The van der Waals surface area contributed by atoms with Crippen molar-refractivity contribution in [3.05, 3.63) is 77.2 Å². The number of amidine groups is 1. The smallest absolute Gasteiger partial charge is 0.290 e. The Bertz CT molecular complexity index is 1300. The van der Waals surface area contributed by atoms with Gasteiger partial charge in [-0.3, -0.25) is 25.5 Å². The Kier molecular flexibility index (Phi) is 7.15. The second-order valence-electron chi connectivity index (χ2n) is 8.64. The number of morpholine rings is 1. The molecule has 3 aliphatic rings. The van der Waals surface area contributed by atoms with E-state index < -0.39 is 29.8 Å². The van der Waals surface area contributed by atoms with Gasteiger partial charge in [-0.25, -0.2) is 9.38 Å². The Labute approximate surface area is 212 Å². The Hall–Kier alpha value is -4.22. The summed E-state index contributed by atoms with van der Waals surface area (Å²) in [5, 5.41) is 21.7. The number of nitrogens with one attached hydrogen (secondary N) is 4. The van der Waals surface area contributed by atoms with Crippen molar-refractivity contribution in [2.45, 2.75) is 18.6 Å². The highest BCUT2D eigenvalue weighted by Crippen LogP contribution is 2.25. The summed E-state index contributed by atoms with van der Waals surface area (Å²) in [6.07, 6.45) is 0.423. The van der Waals surface area contributed by atoms with Crippen LogP contribution in [0.3, 0.4) is 0 Å². The molecule has 0 spiro atoms. The van der Waals surface area contributed by atoms with Gasteiger partial charge in [-0.1, -0.05) is 48.5 Å². The average molecular weight is 504 g/mol. The SMILES string of the molecule is N=C(NC1N=C(c2ccccc2)c2ccccc2NC1=O)OC(=N)C1=C(F)CC(N2CCOCC2)C=N1. The van der Waals surface area contributed by atoms with E-state index in [1.807, 2.05) is 42.5 Å². The molecule has 0 aliphatic carbocycles. The third-order valence-corrected chi connectivity index (χ3v) is 6.22. The molecule has 3 heterocycles. The molecule has 37 heavy (non-hydrogen) atoms. The minimum absolute atomic E-state index is 0.0549. The summed E-state index contributed by atoms with van der Waals surface area (Å²) in [6, 6.07) is 15.8. The molecule has 0 saturated carbocycles. The number of carbonyl (C=O) groups excluding carboxylic acids is 1. The fraction of sp³-hybridized carbons (Fsp3) is 0.269. The number of fused-ring (bicyclic) bond motifs is 1. The quantitative estimate of drug-likeness (QED) is 0.376. The van der Waals surface area contributed by atoms with Crippen LogP contribution in [0.1, 0.15) is 17.5 Å². The van der Waals surface area contributed by atoms with Crippen LogP contribution in [0.25, 0.3) is 0 Å². The van der Waals surface area contributed by atoms with Crippen LogP contribution in [0.15, 0.2) is 76.1 Å². The predicted octanol–water partition coefficient (Wildman–Crippen LogP) is 2.68. The number of aliphatic imine (C=N–C) groups is 2. The molecule has 10 nitrogen and oxygen atoms in total. The standard InChI is InChI=1S/C26H26FN7O3/c27-19-14-17(34-10-12-36-13-11-34)15-30-22(19)23(28)37-26(29)33-24-25(35)31-20-9-5-4-8-18(20)21(32-24)16-6-2-1-3-7-16/h1-9,15,17,24,28H,10-14H2,(H2,29,33)(H,31,35). The molecule has 11 heteroatoms. The number of benzodiazepines with no additional fused rings is 1. The van der Waals surface area contributed by atoms with Gasteiger partial charge in [0.25, 0.3) is 11.9 Å². The molecule has 1 amide bonds. The molecule has 190 valence electrons. The lowest BCUT2D eigenvalue weighted by atomic mass is 10.0. The van der Waals surface area contributed by atoms with Crippen LogP contribution in [0.5, 0.6) is 0 Å². The van der Waals surface area contributed by atoms with Crippen LogP contribution < -0.4 is 10.6 Å². The summed E-state index contributed by atoms with van der Waals surface area (Å²) in [5.74, 6) is -1.73. The Morgan fingerprint density at radius 2 is 1.84 bits per heavy atom. The Balaban J connectivity index is 1.29. The van der Waals surface area contributed by atoms with Gasteiger partial charge in [-0.2, -0.15) is 0 Å². The highest BCUT2D eigenvalue weighted by Gasteiger charge is 2.29. The molecule has 2 atom stereocenters. The molecule has 1 saturated heterocycles. The first kappa shape index (κ1) is 24.5. The lowest BCUT2D eigenvalue weighted by Gasteiger charge is -2.33. The number of amides is 1. The van der Waals surface area contributed by atoms with Gasteiger partial charge in [0.15, 0.2) is 5.70 Å². The van der Waals surface area contributed by atoms with Gasteiger partial charge in [-0.05, 0) is 6.07 Å². The molecule has 3 aliphatic heterocycles. The van der Waals surface area contributed by atoms with Crippen molar-refractivity contribution < 1.29 is 18.7 Å². The Morgan fingerprint density at radius 1 is 1.11 bits per heavy atom. The van der Waals surface area contributed by atoms with Crippen molar-refractivity contribution in [3.63, 3.8) is 0 Å². The van der Waals surface area contributed by atoms with Crippen molar-refractivity contribution in [1.82, 2.24) is 10.2 Å². The summed E-state index contributed by atoms with van der Waals surface area (Å²) in [5.41, 5.74) is 2.37. The number of rotatable bonds is 4. The van der Waals surface area contributed by atoms with Crippen LogP contribution in [-0.2, 0) is 14.3 Å². The highest BCUT2D eigenvalue weighted by atomic mass is 19.1. The fourth-order valence-electron chi connectivity index (χ4n) is 4.36. The maximum Gasteiger partial charge on any atom is 0.290 e. The van der Waals surface area contributed by atoms with Crippen LogP contribution in [0, 0.1) is 10.8 Å². The molecular weight excluding hydrogens is 477 g/mol. The van der Waals surface area contributed by atoms with Gasteiger partial charge in [0.05, 0.1) is 30.7 Å². The summed E-state index contributed by atoms with van der Waals surface area (Å²) >= 11 is 0. The summed E-state index contributed by atoms with van der Waals surface area (Å²) < 4.78 is 25.4. The van der Waals surface area contributed by atoms with E-state index in [1.54, 1.807) is 18.3 Å². The monoisotopic (exact) mass is 503 g/mol. The fourth-order valence-corrected chi connectivity index (χ4v) is 4.36. The van der Waals surface area contributed by atoms with Gasteiger partial charge in [-0.15, -0.1) is 0 Å². The molecule has 1 fully saturated rings. The number of halogens is 1.